The quantitative estimate of drug-likeness (QED) is 0.0614. The highest BCUT2D eigenvalue weighted by molar-refractivity contribution is 7.97. The van der Waals surface area contributed by atoms with Gasteiger partial charge in [-0.15, -0.1) is 0 Å². The van der Waals surface area contributed by atoms with Crippen molar-refractivity contribution >= 4 is 189 Å². The van der Waals surface area contributed by atoms with Crippen LogP contribution in [0.5, 0.6) is 34.5 Å². The van der Waals surface area contributed by atoms with Gasteiger partial charge in [0.05, 0.1) is 22.3 Å². The zero-order valence-electron chi connectivity index (χ0n) is 69.0. The van der Waals surface area contributed by atoms with Crippen molar-refractivity contribution in [3.63, 3.8) is 0 Å². The number of nitrogens with zero attached hydrogens (tertiary/aromatic N) is 3. The Labute approximate surface area is 730 Å². The number of rotatable bonds is 14. The van der Waals surface area contributed by atoms with Gasteiger partial charge in [0.2, 0.25) is 0 Å². The molecule has 12 heteroatoms. The summed E-state index contributed by atoms with van der Waals surface area (Å²) in [7, 11) is -7.16. The molecule has 0 spiro atoms. The van der Waals surface area contributed by atoms with Crippen molar-refractivity contribution in [2.45, 2.75) is 42.4 Å². The molecule has 24 rings (SSSR count). The van der Waals surface area contributed by atoms with Crippen LogP contribution in [0.2, 0.25) is 0 Å². The minimum absolute atomic E-state index is 0.265. The smallest absolute Gasteiger partial charge is 0.260 e. The second kappa shape index (κ2) is 29.2. The number of fused-ring (bicyclic) bond motifs is 12. The number of benzene rings is 18. The van der Waals surface area contributed by atoms with Gasteiger partial charge in [0.15, 0.2) is 30.8 Å². The molecule has 6 aliphatic rings. The lowest BCUT2D eigenvalue weighted by Crippen LogP contribution is -2.75. The van der Waals surface area contributed by atoms with E-state index in [0.29, 0.717) is 0 Å². The summed E-state index contributed by atoms with van der Waals surface area (Å²) in [5, 5.41) is 10.1. The Morgan fingerprint density at radius 3 is 0.976 bits per heavy atom. The van der Waals surface area contributed by atoms with Crippen molar-refractivity contribution in [1.29, 1.82) is 0 Å². The number of hydrogen-bond donors (Lipinski definition) is 0. The first-order valence-electron chi connectivity index (χ1n) is 43.1. The number of para-hydroxylation sites is 5. The molecule has 6 nitrogen and oxygen atoms in total. The average molecular weight is 1640 g/mol. The number of ether oxygens (including phenoxy) is 3. The maximum absolute atomic E-state index is 8.10. The summed E-state index contributed by atoms with van der Waals surface area (Å²) in [6.07, 6.45) is 0. The normalized spacial score (nSPS) is 13.3. The van der Waals surface area contributed by atoms with Crippen molar-refractivity contribution in [3.05, 3.63) is 441 Å². The maximum atomic E-state index is 8.10. The number of anilines is 9. The molecule has 0 bridgehead atoms. The highest BCUT2D eigenvalue weighted by atomic mass is 32.2. The fourth-order valence-electron chi connectivity index (χ4n) is 21.8. The Morgan fingerprint density at radius 1 is 0.202 bits per heavy atom. The van der Waals surface area contributed by atoms with Crippen LogP contribution >= 0.6 is 0 Å². The van der Waals surface area contributed by atoms with Crippen LogP contribution in [0.4, 0.5) is 51.2 Å². The molecule has 0 atom stereocenters. The van der Waals surface area contributed by atoms with Crippen LogP contribution in [-0.2, 0) is 10.9 Å². The molecule has 0 radical (unpaired) electrons. The van der Waals surface area contributed by atoms with E-state index in [1.807, 2.05) is 0 Å². The highest BCUT2D eigenvalue weighted by Gasteiger charge is 2.54. The monoisotopic (exact) mass is 1640 g/mol. The Hall–Kier alpha value is -14.3. The highest BCUT2D eigenvalue weighted by Crippen LogP contribution is 2.52. The van der Waals surface area contributed by atoms with Gasteiger partial charge in [-0.3, -0.25) is 0 Å². The molecule has 18 aromatic carbocycles. The summed E-state index contributed by atoms with van der Waals surface area (Å²) in [6.45, 7) is 8.23. The third kappa shape index (κ3) is 11.2. The summed E-state index contributed by atoms with van der Waals surface area (Å²) in [5.41, 5.74) is 24.9. The molecule has 0 N–H and O–H groups in total. The van der Waals surface area contributed by atoms with Gasteiger partial charge in [-0.1, -0.05) is 322 Å². The van der Waals surface area contributed by atoms with Crippen molar-refractivity contribution < 1.29 is 14.2 Å². The maximum Gasteiger partial charge on any atom is 0.260 e. The van der Waals surface area contributed by atoms with E-state index >= 15 is 0 Å². The van der Waals surface area contributed by atoms with Gasteiger partial charge >= 0.3 is 0 Å². The number of hydrogen-bond acceptors (Lipinski definition) is 6. The van der Waals surface area contributed by atoms with Crippen molar-refractivity contribution in [3.8, 4) is 34.5 Å². The fourth-order valence-corrected chi connectivity index (χ4v) is 33.5. The van der Waals surface area contributed by atoms with Crippen molar-refractivity contribution in [2.75, 3.05) is 14.7 Å². The average Bonchev–Trinajstić information content (AvgIpc) is 0.676. The van der Waals surface area contributed by atoms with Crippen LogP contribution in [0.1, 0.15) is 22.3 Å². The van der Waals surface area contributed by atoms with Crippen molar-refractivity contribution in [2.24, 2.45) is 0 Å². The Morgan fingerprint density at radius 2 is 0.532 bits per heavy atom. The lowest BCUT2D eigenvalue weighted by Gasteiger charge is -2.48. The number of aryl methyl sites for hydroxylation is 4. The van der Waals surface area contributed by atoms with Crippen molar-refractivity contribution in [1.82, 2.24) is 0 Å². The molecule has 0 fully saturated rings. The van der Waals surface area contributed by atoms with Crippen LogP contribution in [-0.4, -0.2) is 36.3 Å². The summed E-state index contributed by atoms with van der Waals surface area (Å²) in [5.74, 6) is 4.96. The van der Waals surface area contributed by atoms with Gasteiger partial charge in [0, 0.05) is 63.5 Å². The van der Waals surface area contributed by atoms with Gasteiger partial charge in [-0.05, 0) is 214 Å². The minimum Gasteiger partial charge on any atom is -0.458 e. The molecule has 124 heavy (non-hydrogen) atoms. The van der Waals surface area contributed by atoms with Gasteiger partial charge < -0.3 is 28.9 Å². The SMILES string of the molecule is Cc1ccccc1N1c2cc3c(cc2B2c4cc5c(cc4N(c4ccccc4C)c4cc([Si](c6ccccc6)(c6ccccc6)c6ccccc6)cc1c42)N(c1c(C)cccc1C)c1cc([S+](c2ccccc2)c2ccccc2)cc2c1B5c1ccccc1O2)B1c2ccccc2Oc2cc([Si](c4ccccc4)(c4ccccc4)c4ccccc4)cc(c21)O3. The third-order valence-electron chi connectivity index (χ3n) is 27.0. The Bertz CT molecular complexity index is 7070. The topological polar surface area (TPSA) is 37.4 Å². The molecule has 0 amide bonds. The molecule has 0 saturated carbocycles. The van der Waals surface area contributed by atoms with Crippen LogP contribution in [0, 0.1) is 27.7 Å². The molecule has 584 valence electrons. The van der Waals surface area contributed by atoms with Crippen LogP contribution in [0.3, 0.4) is 0 Å². The first kappa shape index (κ1) is 73.6. The summed E-state index contributed by atoms with van der Waals surface area (Å²) >= 11 is 0. The van der Waals surface area contributed by atoms with Gasteiger partial charge in [0.1, 0.15) is 34.5 Å². The lowest BCUT2D eigenvalue weighted by atomic mass is 9.29. The first-order chi connectivity index (χ1) is 61.2. The summed E-state index contributed by atoms with van der Waals surface area (Å²) < 4.78 is 23.2. The largest absolute Gasteiger partial charge is 0.458 e. The summed E-state index contributed by atoms with van der Waals surface area (Å²) in [4.78, 5) is 11.6. The predicted octanol–water partition coefficient (Wildman–Crippen LogP) is 16.0. The third-order valence-corrected chi connectivity index (χ3v) is 38.7. The molecule has 0 unspecified atom stereocenters. The molecule has 0 aromatic heterocycles. The molecule has 18 aromatic rings. The zero-order valence-corrected chi connectivity index (χ0v) is 71.9. The van der Waals surface area contributed by atoms with Crippen LogP contribution < -0.4 is 120 Å². The predicted molar refractivity (Wildman–Crippen MR) is 525 cm³/mol. The van der Waals surface area contributed by atoms with E-state index in [1.165, 1.54) is 89.2 Å². The van der Waals surface area contributed by atoms with E-state index in [1.54, 1.807) is 0 Å². The van der Waals surface area contributed by atoms with Crippen LogP contribution in [0.15, 0.2) is 433 Å². The molecule has 0 aliphatic carbocycles. The molecule has 0 saturated heterocycles. The second-order valence-electron chi connectivity index (χ2n) is 33.7. The lowest BCUT2D eigenvalue weighted by molar-refractivity contribution is 0.465. The molecule has 6 aliphatic heterocycles. The van der Waals surface area contributed by atoms with E-state index in [9.17, 15) is 0 Å². The summed E-state index contributed by atoms with van der Waals surface area (Å²) in [6, 6.07) is 158. The van der Waals surface area contributed by atoms with Gasteiger partial charge in [-0.25, -0.2) is 0 Å². The van der Waals surface area contributed by atoms with E-state index in [0.717, 1.165) is 124 Å². The van der Waals surface area contributed by atoms with E-state index in [-0.39, 0.29) is 20.1 Å². The minimum atomic E-state index is -3.43. The van der Waals surface area contributed by atoms with E-state index < -0.39 is 27.0 Å². The molecular formula is C112H81B3N3O3SSi2+. The Kier molecular flexibility index (Phi) is 17.4. The fraction of sp³-hybridized carbons (Fsp3) is 0.0357. The van der Waals surface area contributed by atoms with Gasteiger partial charge in [0.25, 0.3) is 20.1 Å². The Balaban J connectivity index is 0.839. The van der Waals surface area contributed by atoms with Gasteiger partial charge in [-0.2, -0.15) is 0 Å². The zero-order chi connectivity index (χ0) is 82.5. The van der Waals surface area contributed by atoms with Crippen LogP contribution in [0.25, 0.3) is 0 Å². The van der Waals surface area contributed by atoms with E-state index in [2.05, 4.69) is 461 Å². The first-order valence-corrected chi connectivity index (χ1v) is 48.3. The molecular weight excluding hydrogens is 1560 g/mol. The molecule has 6 heterocycles. The standard InChI is InChI=1S/C112H81B3N3O3SSi2/c1-74-38-29-33-60-95(74)116-97-72-98-92(113-89-58-31-35-62-103(89)119-106-65-80(122(78-42-13-5-14-43-78)79-44-15-6-16-45-79)64-100(110(106)113)118(98)112-76(3)40-37-41-77(112)4)70-91(97)115-93-71-94-105(121-108-69-88(68-107-111(108)114(94)90-59-32-36-63-104(90)120-107)124(84-52-23-10-24-53-84,85-54-25-11-26-55-85)86-56-27-12-28-57-86)73-99(93)117(96-61-34-30-39-75(96)2)102-67-87(66-101(116)109(102)115)123(81-46-17-7-18-47-81,82-48-19-8-20-49-82)83-50-21-9-22-51-83/h5-73H,1-4H3/q+1. The second-order valence-corrected chi connectivity index (χ2v) is 43.4. The van der Waals surface area contributed by atoms with E-state index in [4.69, 9.17) is 14.2 Å².